The van der Waals surface area contributed by atoms with Gasteiger partial charge in [0.25, 0.3) is 0 Å². The predicted octanol–water partition coefficient (Wildman–Crippen LogP) is 3.55. The Morgan fingerprint density at radius 1 is 1.36 bits per heavy atom. The van der Waals surface area contributed by atoms with Gasteiger partial charge in [-0.15, -0.1) is 0 Å². The lowest BCUT2D eigenvalue weighted by molar-refractivity contribution is 0.0428. The van der Waals surface area contributed by atoms with Gasteiger partial charge in [0.2, 0.25) is 0 Å². The third-order valence-corrected chi connectivity index (χ3v) is 5.57. The van der Waals surface area contributed by atoms with Crippen LogP contribution in [0.3, 0.4) is 0 Å². The van der Waals surface area contributed by atoms with Crippen LogP contribution in [0.1, 0.15) is 36.8 Å². The van der Waals surface area contributed by atoms with Gasteiger partial charge in [-0.3, -0.25) is 4.90 Å². The molecule has 22 heavy (non-hydrogen) atoms. The summed E-state index contributed by atoms with van der Waals surface area (Å²) in [5.74, 6) is 1.32. The second-order valence-corrected chi connectivity index (χ2v) is 7.01. The van der Waals surface area contributed by atoms with Crippen molar-refractivity contribution < 1.29 is 4.74 Å². The van der Waals surface area contributed by atoms with Crippen LogP contribution >= 0.6 is 0 Å². The number of rotatable bonds is 4. The predicted molar refractivity (Wildman–Crippen MR) is 90.4 cm³/mol. The Labute approximate surface area is 132 Å². The van der Waals surface area contributed by atoms with E-state index in [0.717, 1.165) is 6.61 Å². The van der Waals surface area contributed by atoms with E-state index in [1.54, 1.807) is 5.56 Å². The number of hydrogen-bond donors (Lipinski definition) is 1. The van der Waals surface area contributed by atoms with Gasteiger partial charge in [-0.1, -0.05) is 19.1 Å². The van der Waals surface area contributed by atoms with Gasteiger partial charge in [0, 0.05) is 42.7 Å². The zero-order valence-corrected chi connectivity index (χ0v) is 13.6. The first-order valence-electron chi connectivity index (χ1n) is 8.63. The van der Waals surface area contributed by atoms with E-state index >= 15 is 0 Å². The van der Waals surface area contributed by atoms with Crippen molar-refractivity contribution in [2.45, 2.75) is 38.1 Å². The van der Waals surface area contributed by atoms with Crippen LogP contribution in [0.15, 0.2) is 24.4 Å². The molecule has 2 aromatic rings. The van der Waals surface area contributed by atoms with Crippen molar-refractivity contribution >= 4 is 10.9 Å². The van der Waals surface area contributed by atoms with Crippen LogP contribution in [0.25, 0.3) is 10.9 Å². The van der Waals surface area contributed by atoms with Gasteiger partial charge in [0.1, 0.15) is 0 Å². The van der Waals surface area contributed by atoms with Crippen LogP contribution in [0.5, 0.6) is 0 Å². The molecule has 1 aliphatic heterocycles. The molecule has 3 atom stereocenters. The molecule has 118 valence electrons. The minimum absolute atomic E-state index is 0.660. The highest BCUT2D eigenvalue weighted by Crippen LogP contribution is 2.44. The van der Waals surface area contributed by atoms with Crippen LogP contribution in [0.2, 0.25) is 0 Å². The number of H-pyrrole nitrogens is 1. The Bertz CT molecular complexity index is 662. The lowest BCUT2D eigenvalue weighted by Gasteiger charge is -2.47. The zero-order valence-electron chi connectivity index (χ0n) is 13.6. The fourth-order valence-electron chi connectivity index (χ4n) is 4.80. The van der Waals surface area contributed by atoms with E-state index in [0.29, 0.717) is 17.9 Å². The van der Waals surface area contributed by atoms with Gasteiger partial charge in [0.05, 0.1) is 6.61 Å². The van der Waals surface area contributed by atoms with Crippen LogP contribution in [-0.2, 0) is 11.2 Å². The lowest BCUT2D eigenvalue weighted by Crippen LogP contribution is -2.50. The van der Waals surface area contributed by atoms with Crippen molar-refractivity contribution in [3.63, 3.8) is 0 Å². The first-order chi connectivity index (χ1) is 10.8. The average Bonchev–Trinajstić information content (AvgIpc) is 2.94. The molecule has 0 unspecified atom stereocenters. The standard InChI is InChI=1S/C19H26N2O/c1-3-7-21-11-13(12-22-2)8-16-15-5-4-6-17-19(15)14(10-20-17)9-18(16)21/h4-6,10,13,16,18,20H,3,7-9,11-12H2,1-2H3/t13-,16+,18+/m0/s1. The molecular weight excluding hydrogens is 272 g/mol. The molecule has 0 bridgehead atoms. The molecule has 3 heteroatoms. The Kier molecular flexibility index (Phi) is 3.71. The number of hydrogen-bond acceptors (Lipinski definition) is 2. The van der Waals surface area contributed by atoms with E-state index in [1.165, 1.54) is 48.8 Å². The molecule has 1 aliphatic carbocycles. The summed E-state index contributed by atoms with van der Waals surface area (Å²) in [5, 5.41) is 1.50. The molecule has 0 spiro atoms. The minimum atomic E-state index is 0.660. The van der Waals surface area contributed by atoms with Crippen LogP contribution in [-0.4, -0.2) is 42.7 Å². The van der Waals surface area contributed by atoms with Gasteiger partial charge in [-0.2, -0.15) is 0 Å². The van der Waals surface area contributed by atoms with E-state index in [4.69, 9.17) is 4.74 Å². The van der Waals surface area contributed by atoms with Crippen molar-refractivity contribution in [1.29, 1.82) is 0 Å². The van der Waals surface area contributed by atoms with Crippen molar-refractivity contribution in [2.75, 3.05) is 26.8 Å². The van der Waals surface area contributed by atoms with E-state index in [-0.39, 0.29) is 0 Å². The molecule has 1 N–H and O–H groups in total. The molecule has 4 rings (SSSR count). The smallest absolute Gasteiger partial charge is 0.0502 e. The summed E-state index contributed by atoms with van der Waals surface area (Å²) in [6.45, 7) is 5.58. The van der Waals surface area contributed by atoms with Gasteiger partial charge in [-0.25, -0.2) is 0 Å². The number of nitrogens with zero attached hydrogens (tertiary/aromatic N) is 1. The second-order valence-electron chi connectivity index (χ2n) is 7.01. The Hall–Kier alpha value is -1.32. The Balaban J connectivity index is 1.75. The molecule has 0 saturated carbocycles. The zero-order chi connectivity index (χ0) is 15.1. The Morgan fingerprint density at radius 2 is 2.27 bits per heavy atom. The third kappa shape index (κ3) is 2.19. The molecule has 1 saturated heterocycles. The molecule has 1 aromatic carbocycles. The van der Waals surface area contributed by atoms with E-state index in [9.17, 15) is 0 Å². The van der Waals surface area contributed by atoms with Gasteiger partial charge in [0.15, 0.2) is 0 Å². The number of aromatic amines is 1. The summed E-state index contributed by atoms with van der Waals surface area (Å²) in [6, 6.07) is 7.45. The van der Waals surface area contributed by atoms with E-state index in [2.05, 4.69) is 41.2 Å². The fourth-order valence-corrected chi connectivity index (χ4v) is 4.80. The number of aromatic nitrogens is 1. The van der Waals surface area contributed by atoms with Crippen LogP contribution in [0, 0.1) is 5.92 Å². The number of likely N-dealkylation sites (tertiary alicyclic amines) is 1. The maximum Gasteiger partial charge on any atom is 0.0502 e. The third-order valence-electron chi connectivity index (χ3n) is 5.57. The van der Waals surface area contributed by atoms with Crippen LogP contribution < -0.4 is 0 Å². The summed E-state index contributed by atoms with van der Waals surface area (Å²) >= 11 is 0. The normalized spacial score (nSPS) is 28.0. The largest absolute Gasteiger partial charge is 0.384 e. The average molecular weight is 298 g/mol. The lowest BCUT2D eigenvalue weighted by atomic mass is 9.72. The van der Waals surface area contributed by atoms with Crippen molar-refractivity contribution in [3.8, 4) is 0 Å². The quantitative estimate of drug-likeness (QED) is 0.935. The number of nitrogens with one attached hydrogen (secondary N) is 1. The first kappa shape index (κ1) is 14.3. The highest BCUT2D eigenvalue weighted by molar-refractivity contribution is 5.88. The summed E-state index contributed by atoms with van der Waals surface area (Å²) in [6.07, 6.45) is 5.92. The van der Waals surface area contributed by atoms with Crippen LogP contribution in [0.4, 0.5) is 0 Å². The van der Waals surface area contributed by atoms with Gasteiger partial charge in [-0.05, 0) is 48.9 Å². The number of fused-ring (bicyclic) bond motifs is 2. The maximum absolute atomic E-state index is 5.48. The second kappa shape index (κ2) is 5.71. The van der Waals surface area contributed by atoms with Crippen molar-refractivity contribution in [3.05, 3.63) is 35.5 Å². The van der Waals surface area contributed by atoms with E-state index in [1.807, 2.05) is 7.11 Å². The van der Waals surface area contributed by atoms with Gasteiger partial charge >= 0.3 is 0 Å². The molecule has 3 nitrogen and oxygen atoms in total. The molecule has 0 radical (unpaired) electrons. The highest BCUT2D eigenvalue weighted by atomic mass is 16.5. The van der Waals surface area contributed by atoms with Gasteiger partial charge < -0.3 is 9.72 Å². The molecule has 0 amide bonds. The number of methoxy groups -OCH3 is 1. The topological polar surface area (TPSA) is 28.3 Å². The summed E-state index contributed by atoms with van der Waals surface area (Å²) in [5.41, 5.74) is 4.38. The highest BCUT2D eigenvalue weighted by Gasteiger charge is 2.40. The maximum atomic E-state index is 5.48. The minimum Gasteiger partial charge on any atom is -0.384 e. The molecule has 2 heterocycles. The molecular formula is C19H26N2O. The van der Waals surface area contributed by atoms with Crippen molar-refractivity contribution in [2.24, 2.45) is 5.92 Å². The summed E-state index contributed by atoms with van der Waals surface area (Å²) < 4.78 is 5.48. The van der Waals surface area contributed by atoms with E-state index < -0.39 is 0 Å². The monoisotopic (exact) mass is 298 g/mol. The summed E-state index contributed by atoms with van der Waals surface area (Å²) in [7, 11) is 1.84. The SMILES string of the molecule is CCCN1C[C@@H](COC)C[C@@H]2c3cccc4[nH]cc(c34)C[C@H]21. The fraction of sp³-hybridized carbons (Fsp3) is 0.579. The number of benzene rings is 1. The number of piperidine rings is 1. The molecule has 1 fully saturated rings. The molecule has 2 aliphatic rings. The Morgan fingerprint density at radius 3 is 3.09 bits per heavy atom. The first-order valence-corrected chi connectivity index (χ1v) is 8.63. The van der Waals surface area contributed by atoms with Crippen molar-refractivity contribution in [1.82, 2.24) is 9.88 Å². The molecule has 1 aromatic heterocycles. The number of ether oxygens (including phenoxy) is 1. The summed E-state index contributed by atoms with van der Waals surface area (Å²) in [4.78, 5) is 6.20.